The Kier molecular flexibility index (Phi) is 3.24. The summed E-state index contributed by atoms with van der Waals surface area (Å²) in [7, 11) is 0. The lowest BCUT2D eigenvalue weighted by Gasteiger charge is -2.36. The molecule has 2 atom stereocenters. The van der Waals surface area contributed by atoms with Crippen molar-refractivity contribution in [1.82, 2.24) is 5.32 Å². The maximum absolute atomic E-state index is 3.47. The van der Waals surface area contributed by atoms with Crippen LogP contribution in [0.4, 0.5) is 0 Å². The third-order valence-corrected chi connectivity index (χ3v) is 4.46. The SMILES string of the molecule is CCNCC1CCC1c1sccc1C. The topological polar surface area (TPSA) is 12.0 Å². The van der Waals surface area contributed by atoms with Crippen LogP contribution in [0.3, 0.4) is 0 Å². The van der Waals surface area contributed by atoms with Crippen LogP contribution in [0.1, 0.15) is 36.1 Å². The molecule has 0 radical (unpaired) electrons. The fourth-order valence-electron chi connectivity index (χ4n) is 2.25. The van der Waals surface area contributed by atoms with Gasteiger partial charge in [-0.1, -0.05) is 6.92 Å². The van der Waals surface area contributed by atoms with Crippen LogP contribution in [-0.4, -0.2) is 13.1 Å². The van der Waals surface area contributed by atoms with Gasteiger partial charge in [-0.15, -0.1) is 11.3 Å². The maximum Gasteiger partial charge on any atom is 0.0109 e. The van der Waals surface area contributed by atoms with E-state index in [2.05, 4.69) is 30.6 Å². The Balaban J connectivity index is 1.96. The van der Waals surface area contributed by atoms with Gasteiger partial charge in [-0.3, -0.25) is 0 Å². The Labute approximate surface area is 90.5 Å². The molecule has 1 nitrogen and oxygen atoms in total. The molecular weight excluding hydrogens is 190 g/mol. The third kappa shape index (κ3) is 1.86. The summed E-state index contributed by atoms with van der Waals surface area (Å²) in [6, 6.07) is 2.25. The quantitative estimate of drug-likeness (QED) is 0.803. The highest BCUT2D eigenvalue weighted by Gasteiger charge is 2.32. The summed E-state index contributed by atoms with van der Waals surface area (Å²) in [5.41, 5.74) is 1.50. The van der Waals surface area contributed by atoms with Gasteiger partial charge in [0.2, 0.25) is 0 Å². The average Bonchev–Trinajstić information content (AvgIpc) is 2.51. The Morgan fingerprint density at radius 2 is 2.36 bits per heavy atom. The van der Waals surface area contributed by atoms with Crippen LogP contribution < -0.4 is 5.32 Å². The van der Waals surface area contributed by atoms with Crippen molar-refractivity contribution in [3.63, 3.8) is 0 Å². The van der Waals surface area contributed by atoms with Crippen molar-refractivity contribution in [1.29, 1.82) is 0 Å². The Bertz CT molecular complexity index is 292. The van der Waals surface area contributed by atoms with Gasteiger partial charge >= 0.3 is 0 Å². The number of hydrogen-bond donors (Lipinski definition) is 1. The molecule has 0 amide bonds. The van der Waals surface area contributed by atoms with Gasteiger partial charge in [-0.25, -0.2) is 0 Å². The Hall–Kier alpha value is -0.340. The molecule has 78 valence electrons. The molecule has 0 spiro atoms. The third-order valence-electron chi connectivity index (χ3n) is 3.31. The first-order valence-corrected chi connectivity index (χ1v) is 6.45. The van der Waals surface area contributed by atoms with Crippen LogP contribution in [0.2, 0.25) is 0 Å². The highest BCUT2D eigenvalue weighted by molar-refractivity contribution is 7.10. The lowest BCUT2D eigenvalue weighted by Crippen LogP contribution is -2.33. The van der Waals surface area contributed by atoms with E-state index in [4.69, 9.17) is 0 Å². The van der Waals surface area contributed by atoms with E-state index >= 15 is 0 Å². The summed E-state index contributed by atoms with van der Waals surface area (Å²) in [4.78, 5) is 1.64. The summed E-state index contributed by atoms with van der Waals surface area (Å²) in [6.07, 6.45) is 2.81. The standard InChI is InChI=1S/C12H19NS/c1-3-13-8-10-4-5-11(10)12-9(2)6-7-14-12/h6-7,10-11,13H,3-5,8H2,1-2H3. The number of nitrogens with one attached hydrogen (secondary N) is 1. The molecule has 1 N–H and O–H groups in total. The fraction of sp³-hybridized carbons (Fsp3) is 0.667. The van der Waals surface area contributed by atoms with E-state index in [0.717, 1.165) is 18.4 Å². The number of thiophene rings is 1. The molecule has 1 aromatic heterocycles. The zero-order valence-corrected chi connectivity index (χ0v) is 9.86. The van der Waals surface area contributed by atoms with E-state index in [1.54, 1.807) is 4.88 Å². The van der Waals surface area contributed by atoms with E-state index in [1.165, 1.54) is 24.9 Å². The second-order valence-corrected chi connectivity index (χ2v) is 5.17. The van der Waals surface area contributed by atoms with E-state index in [-0.39, 0.29) is 0 Å². The molecule has 0 bridgehead atoms. The minimum absolute atomic E-state index is 0.856. The summed E-state index contributed by atoms with van der Waals surface area (Å²) in [6.45, 7) is 6.74. The van der Waals surface area contributed by atoms with Gasteiger partial charge in [0.25, 0.3) is 0 Å². The van der Waals surface area contributed by atoms with E-state index in [1.807, 2.05) is 11.3 Å². The molecule has 1 saturated carbocycles. The second-order valence-electron chi connectivity index (χ2n) is 4.22. The number of aryl methyl sites for hydroxylation is 1. The van der Waals surface area contributed by atoms with Gasteiger partial charge in [0.05, 0.1) is 0 Å². The Morgan fingerprint density at radius 1 is 1.50 bits per heavy atom. The predicted molar refractivity (Wildman–Crippen MR) is 63.1 cm³/mol. The molecule has 2 heteroatoms. The van der Waals surface area contributed by atoms with Crippen LogP contribution in [0.5, 0.6) is 0 Å². The molecule has 1 aromatic rings. The minimum Gasteiger partial charge on any atom is -0.317 e. The van der Waals surface area contributed by atoms with Crippen LogP contribution in [-0.2, 0) is 0 Å². The predicted octanol–water partition coefficient (Wildman–Crippen LogP) is 3.16. The zero-order chi connectivity index (χ0) is 9.97. The van der Waals surface area contributed by atoms with E-state index in [9.17, 15) is 0 Å². The summed E-state index contributed by atoms with van der Waals surface area (Å²) < 4.78 is 0. The summed E-state index contributed by atoms with van der Waals surface area (Å²) in [5.74, 6) is 1.75. The van der Waals surface area contributed by atoms with Gasteiger partial charge in [-0.2, -0.15) is 0 Å². The molecular formula is C12H19NS. The molecule has 2 rings (SSSR count). The van der Waals surface area contributed by atoms with Crippen molar-refractivity contribution >= 4 is 11.3 Å². The first kappa shape index (κ1) is 10.2. The van der Waals surface area contributed by atoms with E-state index in [0.29, 0.717) is 0 Å². The second kappa shape index (κ2) is 4.45. The molecule has 1 aliphatic carbocycles. The maximum atomic E-state index is 3.47. The first-order valence-electron chi connectivity index (χ1n) is 5.57. The van der Waals surface area contributed by atoms with Gasteiger partial charge in [0, 0.05) is 4.88 Å². The highest BCUT2D eigenvalue weighted by Crippen LogP contribution is 2.45. The lowest BCUT2D eigenvalue weighted by atomic mass is 9.72. The number of hydrogen-bond acceptors (Lipinski definition) is 2. The fourth-order valence-corrected chi connectivity index (χ4v) is 3.41. The van der Waals surface area contributed by atoms with E-state index < -0.39 is 0 Å². The van der Waals surface area contributed by atoms with Crippen molar-refractivity contribution < 1.29 is 0 Å². The van der Waals surface area contributed by atoms with Gasteiger partial charge < -0.3 is 5.32 Å². The van der Waals surface area contributed by atoms with Gasteiger partial charge in [-0.05, 0) is 61.7 Å². The van der Waals surface area contributed by atoms with Gasteiger partial charge in [0.15, 0.2) is 0 Å². The zero-order valence-electron chi connectivity index (χ0n) is 9.05. The van der Waals surface area contributed by atoms with Crippen molar-refractivity contribution in [3.05, 3.63) is 21.9 Å². The molecule has 1 aliphatic rings. The smallest absolute Gasteiger partial charge is 0.0109 e. The molecule has 1 heterocycles. The van der Waals surface area contributed by atoms with Gasteiger partial charge in [0.1, 0.15) is 0 Å². The molecule has 1 fully saturated rings. The van der Waals surface area contributed by atoms with Crippen molar-refractivity contribution in [2.24, 2.45) is 5.92 Å². The molecule has 0 saturated heterocycles. The van der Waals surface area contributed by atoms with Crippen LogP contribution in [0, 0.1) is 12.8 Å². The van der Waals surface area contributed by atoms with Crippen molar-refractivity contribution in [3.8, 4) is 0 Å². The number of rotatable bonds is 4. The summed E-state index contributed by atoms with van der Waals surface area (Å²) >= 11 is 1.94. The molecule has 2 unspecified atom stereocenters. The molecule has 14 heavy (non-hydrogen) atoms. The lowest BCUT2D eigenvalue weighted by molar-refractivity contribution is 0.250. The average molecular weight is 209 g/mol. The Morgan fingerprint density at radius 3 is 2.86 bits per heavy atom. The van der Waals surface area contributed by atoms with Crippen LogP contribution >= 0.6 is 11.3 Å². The molecule has 0 aliphatic heterocycles. The first-order chi connectivity index (χ1) is 6.83. The van der Waals surface area contributed by atoms with Crippen molar-refractivity contribution in [2.75, 3.05) is 13.1 Å². The highest BCUT2D eigenvalue weighted by atomic mass is 32.1. The van der Waals surface area contributed by atoms with Crippen molar-refractivity contribution in [2.45, 2.75) is 32.6 Å². The van der Waals surface area contributed by atoms with Crippen LogP contribution in [0.25, 0.3) is 0 Å². The minimum atomic E-state index is 0.856. The van der Waals surface area contributed by atoms with Crippen LogP contribution in [0.15, 0.2) is 11.4 Å². The normalized spacial score (nSPS) is 26.1. The monoisotopic (exact) mass is 209 g/mol. The largest absolute Gasteiger partial charge is 0.317 e. The summed E-state index contributed by atoms with van der Waals surface area (Å²) in [5, 5.41) is 5.70. The molecule has 0 aromatic carbocycles.